The summed E-state index contributed by atoms with van der Waals surface area (Å²) in [5.41, 5.74) is 0. The quantitative estimate of drug-likeness (QED) is 0.430. The van der Waals surface area contributed by atoms with Gasteiger partial charge in [-0.15, -0.1) is 17.7 Å². The van der Waals surface area contributed by atoms with Crippen molar-refractivity contribution < 1.29 is 0 Å². The van der Waals surface area contributed by atoms with E-state index in [1.807, 2.05) is 0 Å². The lowest BCUT2D eigenvalue weighted by atomic mass is 10.3. The highest BCUT2D eigenvalue weighted by Gasteiger charge is 1.75. The van der Waals surface area contributed by atoms with E-state index in [1.54, 1.807) is 0 Å². The lowest BCUT2D eigenvalue weighted by Crippen LogP contribution is -1.69. The second-order valence-electron chi connectivity index (χ2n) is 1.81. The number of thioether (sulfide) groups is 1. The highest BCUT2D eigenvalue weighted by atomic mass is 32.2. The summed E-state index contributed by atoms with van der Waals surface area (Å²) in [5, 5.41) is 0. The topological polar surface area (TPSA) is 0 Å². The zero-order chi connectivity index (χ0) is 6.95. The summed E-state index contributed by atoms with van der Waals surface area (Å²) in [4.78, 5) is 0. The molecule has 0 bridgehead atoms. The third-order valence-corrected chi connectivity index (χ3v) is 1.30. The van der Waals surface area contributed by atoms with Crippen LogP contribution in [0.2, 0.25) is 0 Å². The predicted molar refractivity (Wildman–Crippen MR) is 45.1 cm³/mol. The van der Waals surface area contributed by atoms with E-state index in [2.05, 4.69) is 25.0 Å². The number of rotatable bonds is 3. The number of hydrogen-bond donors (Lipinski definition) is 0. The molecule has 0 aromatic rings. The summed E-state index contributed by atoms with van der Waals surface area (Å²) >= 11 is 1.54. The summed E-state index contributed by atoms with van der Waals surface area (Å²) in [6, 6.07) is 0. The van der Waals surface area contributed by atoms with Crippen LogP contribution in [0.3, 0.4) is 0 Å². The van der Waals surface area contributed by atoms with Crippen LogP contribution in [0.25, 0.3) is 0 Å². The fourth-order valence-corrected chi connectivity index (χ4v) is 0.660. The molecule has 1 heteroatoms. The van der Waals surface area contributed by atoms with Gasteiger partial charge in [-0.2, -0.15) is 0 Å². The van der Waals surface area contributed by atoms with Crippen molar-refractivity contribution in [3.63, 3.8) is 0 Å². The molecule has 0 N–H and O–H groups in total. The normalized spacial score (nSPS) is 8.22. The SMILES string of the molecule is [CH2]SCC#CCCCC. The van der Waals surface area contributed by atoms with Gasteiger partial charge in [-0.1, -0.05) is 19.3 Å². The first-order valence-electron chi connectivity index (χ1n) is 3.24. The molecule has 0 spiro atoms. The Bertz CT molecular complexity index is 96.9. The molecule has 0 rings (SSSR count). The molecule has 0 amide bonds. The van der Waals surface area contributed by atoms with Crippen LogP contribution in [0, 0.1) is 18.1 Å². The van der Waals surface area contributed by atoms with Crippen molar-refractivity contribution in [1.82, 2.24) is 0 Å². The molecule has 0 aliphatic rings. The van der Waals surface area contributed by atoms with Crippen LogP contribution in [0.15, 0.2) is 0 Å². The maximum Gasteiger partial charge on any atom is 0.0547 e. The lowest BCUT2D eigenvalue weighted by molar-refractivity contribution is 0.828. The van der Waals surface area contributed by atoms with E-state index < -0.39 is 0 Å². The van der Waals surface area contributed by atoms with Gasteiger partial charge in [-0.3, -0.25) is 0 Å². The van der Waals surface area contributed by atoms with E-state index in [1.165, 1.54) is 24.6 Å². The van der Waals surface area contributed by atoms with E-state index in [-0.39, 0.29) is 0 Å². The van der Waals surface area contributed by atoms with Gasteiger partial charge in [-0.25, -0.2) is 0 Å². The van der Waals surface area contributed by atoms with Gasteiger partial charge in [0.15, 0.2) is 0 Å². The molecular weight excluding hydrogens is 128 g/mol. The Hall–Kier alpha value is -0.0900. The molecule has 0 atom stereocenters. The van der Waals surface area contributed by atoms with Crippen LogP contribution < -0.4 is 0 Å². The third kappa shape index (κ3) is 7.91. The van der Waals surface area contributed by atoms with Crippen LogP contribution in [0.1, 0.15) is 26.2 Å². The minimum atomic E-state index is 0.879. The number of hydrogen-bond acceptors (Lipinski definition) is 1. The molecule has 0 aromatic heterocycles. The van der Waals surface area contributed by atoms with Gasteiger partial charge in [0.05, 0.1) is 5.75 Å². The Morgan fingerprint density at radius 1 is 1.44 bits per heavy atom. The van der Waals surface area contributed by atoms with Crippen LogP contribution in [-0.2, 0) is 0 Å². The van der Waals surface area contributed by atoms with Crippen molar-refractivity contribution in [2.45, 2.75) is 26.2 Å². The molecule has 0 nitrogen and oxygen atoms in total. The van der Waals surface area contributed by atoms with E-state index in [4.69, 9.17) is 0 Å². The van der Waals surface area contributed by atoms with Crippen molar-refractivity contribution >= 4 is 11.8 Å². The molecule has 0 unspecified atom stereocenters. The first-order chi connectivity index (χ1) is 4.41. The van der Waals surface area contributed by atoms with Gasteiger partial charge >= 0.3 is 0 Å². The molecule has 0 saturated carbocycles. The van der Waals surface area contributed by atoms with E-state index >= 15 is 0 Å². The van der Waals surface area contributed by atoms with Crippen molar-refractivity contribution in [1.29, 1.82) is 0 Å². The lowest BCUT2D eigenvalue weighted by Gasteiger charge is -1.83. The molecular formula is C8H13S. The van der Waals surface area contributed by atoms with E-state index in [9.17, 15) is 0 Å². The van der Waals surface area contributed by atoms with Gasteiger partial charge in [0.2, 0.25) is 0 Å². The average Bonchev–Trinajstić information content (AvgIpc) is 1.89. The Labute approximate surface area is 62.4 Å². The molecule has 51 valence electrons. The van der Waals surface area contributed by atoms with Crippen LogP contribution in [0.5, 0.6) is 0 Å². The number of unbranched alkanes of at least 4 members (excludes halogenated alkanes) is 2. The van der Waals surface area contributed by atoms with Gasteiger partial charge < -0.3 is 0 Å². The fraction of sp³-hybridized carbons (Fsp3) is 0.625. The van der Waals surface area contributed by atoms with Crippen molar-refractivity contribution in [3.05, 3.63) is 6.26 Å². The molecule has 0 aliphatic heterocycles. The van der Waals surface area contributed by atoms with E-state index in [0.717, 1.165) is 12.2 Å². The average molecular weight is 141 g/mol. The zero-order valence-corrected chi connectivity index (χ0v) is 6.76. The maximum atomic E-state index is 3.62. The van der Waals surface area contributed by atoms with Gasteiger partial charge in [0.1, 0.15) is 0 Å². The Morgan fingerprint density at radius 3 is 2.78 bits per heavy atom. The molecule has 1 radical (unpaired) electrons. The highest BCUT2D eigenvalue weighted by molar-refractivity contribution is 8.00. The molecule has 0 aliphatic carbocycles. The van der Waals surface area contributed by atoms with Crippen molar-refractivity contribution in [2.75, 3.05) is 5.75 Å². The summed E-state index contributed by atoms with van der Waals surface area (Å²) in [7, 11) is 0. The first kappa shape index (κ1) is 8.91. The van der Waals surface area contributed by atoms with Crippen LogP contribution in [0.4, 0.5) is 0 Å². The summed E-state index contributed by atoms with van der Waals surface area (Å²) in [6.07, 6.45) is 7.14. The second-order valence-corrected chi connectivity index (χ2v) is 2.50. The molecule has 0 aromatic carbocycles. The Morgan fingerprint density at radius 2 is 2.22 bits per heavy atom. The van der Waals surface area contributed by atoms with Crippen molar-refractivity contribution in [3.8, 4) is 11.8 Å². The molecule has 9 heavy (non-hydrogen) atoms. The minimum absolute atomic E-state index is 0.879. The largest absolute Gasteiger partial charge is 0.148 e. The standard InChI is InChI=1S/C8H13S/c1-3-4-5-6-7-8-9-2/h2-5,8H2,1H3. The fourth-order valence-electron chi connectivity index (χ4n) is 0.456. The maximum absolute atomic E-state index is 3.62. The Kier molecular flexibility index (Phi) is 7.83. The van der Waals surface area contributed by atoms with Gasteiger partial charge in [0, 0.05) is 12.7 Å². The smallest absolute Gasteiger partial charge is 0.0547 e. The second kappa shape index (κ2) is 7.91. The van der Waals surface area contributed by atoms with Crippen LogP contribution >= 0.6 is 11.8 Å². The predicted octanol–water partition coefficient (Wildman–Crippen LogP) is 2.70. The summed E-state index contributed by atoms with van der Waals surface area (Å²) in [5.74, 6) is 6.98. The summed E-state index contributed by atoms with van der Waals surface area (Å²) < 4.78 is 0. The Balaban J connectivity index is 2.96. The molecule has 0 fully saturated rings. The monoisotopic (exact) mass is 141 g/mol. The van der Waals surface area contributed by atoms with Crippen molar-refractivity contribution in [2.24, 2.45) is 0 Å². The zero-order valence-electron chi connectivity index (χ0n) is 5.94. The van der Waals surface area contributed by atoms with Gasteiger partial charge in [0.25, 0.3) is 0 Å². The highest BCUT2D eigenvalue weighted by Crippen LogP contribution is 1.93. The van der Waals surface area contributed by atoms with Gasteiger partial charge in [-0.05, 0) is 6.42 Å². The first-order valence-corrected chi connectivity index (χ1v) is 4.40. The molecule has 0 saturated heterocycles. The molecule has 0 heterocycles. The van der Waals surface area contributed by atoms with E-state index in [0.29, 0.717) is 0 Å². The third-order valence-electron chi connectivity index (χ3n) is 0.955. The summed E-state index contributed by atoms with van der Waals surface area (Å²) in [6.45, 7) is 2.18. The minimum Gasteiger partial charge on any atom is -0.148 e. The van der Waals surface area contributed by atoms with Crippen LogP contribution in [-0.4, -0.2) is 5.75 Å².